The van der Waals surface area contributed by atoms with Crippen LogP contribution >= 0.6 is 0 Å². The topological polar surface area (TPSA) is 81.4 Å². The number of nitrogens with two attached hydrogens (primary N) is 1. The molecule has 0 fully saturated rings. The van der Waals surface area contributed by atoms with E-state index >= 15 is 0 Å². The first-order valence-corrected chi connectivity index (χ1v) is 8.00. The van der Waals surface area contributed by atoms with Crippen molar-refractivity contribution >= 4 is 21.2 Å². The molecule has 0 aliphatic rings. The van der Waals surface area contributed by atoms with Crippen molar-refractivity contribution in [2.75, 3.05) is 31.0 Å². The van der Waals surface area contributed by atoms with Crippen LogP contribution in [-0.4, -0.2) is 34.4 Å². The normalized spacial score (nSPS) is 13.5. The fraction of sp³-hybridized carbons (Fsp3) is 0.538. The molecule has 0 bridgehead atoms. The van der Waals surface area contributed by atoms with E-state index in [9.17, 15) is 8.42 Å². The van der Waals surface area contributed by atoms with Crippen molar-refractivity contribution in [2.45, 2.75) is 24.8 Å². The van der Waals surface area contributed by atoms with Crippen LogP contribution in [0, 0.1) is 5.92 Å². The lowest BCUT2D eigenvalue weighted by molar-refractivity contribution is 0.171. The van der Waals surface area contributed by atoms with Crippen LogP contribution in [0.3, 0.4) is 0 Å². The first-order chi connectivity index (χ1) is 8.75. The molecule has 5 nitrogen and oxygen atoms in total. The maximum absolute atomic E-state index is 11.4. The maximum atomic E-state index is 11.4. The summed E-state index contributed by atoms with van der Waals surface area (Å²) in [7, 11) is -1.58. The molecule has 1 atom stereocenters. The molecule has 0 heterocycles. The number of methoxy groups -OCH3 is 1. The Bertz CT molecular complexity index is 527. The Kier molecular flexibility index (Phi) is 5.20. The van der Waals surface area contributed by atoms with Crippen molar-refractivity contribution in [3.05, 3.63) is 18.2 Å². The summed E-state index contributed by atoms with van der Waals surface area (Å²) in [6.07, 6.45) is 1.16. The first kappa shape index (κ1) is 15.8. The summed E-state index contributed by atoms with van der Waals surface area (Å²) in [5, 5.41) is 3.28. The molecule has 1 aromatic rings. The summed E-state index contributed by atoms with van der Waals surface area (Å²) < 4.78 is 28.0. The minimum absolute atomic E-state index is 0.122. The molecule has 0 aliphatic carbocycles. The lowest BCUT2D eigenvalue weighted by Crippen LogP contribution is -2.30. The number of rotatable bonds is 6. The van der Waals surface area contributed by atoms with Gasteiger partial charge in [0.2, 0.25) is 0 Å². The minimum Gasteiger partial charge on any atom is -0.397 e. The molecule has 0 saturated heterocycles. The van der Waals surface area contributed by atoms with Crippen LogP contribution in [0.5, 0.6) is 0 Å². The van der Waals surface area contributed by atoms with E-state index < -0.39 is 9.84 Å². The zero-order chi connectivity index (χ0) is 14.6. The average molecular weight is 286 g/mol. The third-order valence-electron chi connectivity index (χ3n) is 2.94. The third-order valence-corrected chi connectivity index (χ3v) is 4.05. The molecule has 108 valence electrons. The number of anilines is 2. The number of hydrogen-bond acceptors (Lipinski definition) is 5. The fourth-order valence-corrected chi connectivity index (χ4v) is 2.34. The van der Waals surface area contributed by atoms with E-state index in [0.29, 0.717) is 18.2 Å². The molecule has 1 unspecified atom stereocenters. The highest BCUT2D eigenvalue weighted by molar-refractivity contribution is 7.90. The Balaban J connectivity index is 2.97. The highest BCUT2D eigenvalue weighted by Crippen LogP contribution is 2.24. The highest BCUT2D eigenvalue weighted by atomic mass is 32.2. The average Bonchev–Trinajstić information content (AvgIpc) is 2.29. The maximum Gasteiger partial charge on any atom is 0.175 e. The quantitative estimate of drug-likeness (QED) is 0.779. The summed E-state index contributed by atoms with van der Waals surface area (Å²) in [6, 6.07) is 4.84. The number of nitrogens with one attached hydrogen (secondary N) is 1. The zero-order valence-electron chi connectivity index (χ0n) is 11.8. The monoisotopic (exact) mass is 286 g/mol. The highest BCUT2D eigenvalue weighted by Gasteiger charge is 2.15. The Morgan fingerprint density at radius 3 is 2.42 bits per heavy atom. The predicted molar refractivity (Wildman–Crippen MR) is 78.1 cm³/mol. The van der Waals surface area contributed by atoms with Crippen LogP contribution in [0.25, 0.3) is 0 Å². The van der Waals surface area contributed by atoms with Gasteiger partial charge in [0, 0.05) is 13.4 Å². The molecular weight excluding hydrogens is 264 g/mol. The van der Waals surface area contributed by atoms with Crippen LogP contribution in [0.1, 0.15) is 13.8 Å². The SMILES string of the molecule is COCC(Nc1ccc(S(C)(=O)=O)cc1N)C(C)C. The van der Waals surface area contributed by atoms with Gasteiger partial charge in [0.1, 0.15) is 0 Å². The Morgan fingerprint density at radius 1 is 1.37 bits per heavy atom. The van der Waals surface area contributed by atoms with E-state index in [-0.39, 0.29) is 10.9 Å². The lowest BCUT2D eigenvalue weighted by atomic mass is 10.0. The molecule has 0 aromatic heterocycles. The second-order valence-corrected chi connectivity index (χ2v) is 6.99. The van der Waals surface area contributed by atoms with Crippen LogP contribution in [0.4, 0.5) is 11.4 Å². The molecular formula is C13H22N2O3S. The third kappa shape index (κ3) is 4.40. The smallest absolute Gasteiger partial charge is 0.175 e. The molecule has 19 heavy (non-hydrogen) atoms. The molecule has 0 amide bonds. The van der Waals surface area contributed by atoms with Crippen molar-refractivity contribution in [1.29, 1.82) is 0 Å². The van der Waals surface area contributed by atoms with Crippen LogP contribution < -0.4 is 11.1 Å². The molecule has 1 aromatic carbocycles. The van der Waals surface area contributed by atoms with E-state index in [4.69, 9.17) is 10.5 Å². The van der Waals surface area contributed by atoms with Crippen LogP contribution in [-0.2, 0) is 14.6 Å². The van der Waals surface area contributed by atoms with Gasteiger partial charge in [-0.05, 0) is 24.1 Å². The van der Waals surface area contributed by atoms with Crippen molar-refractivity contribution in [3.63, 3.8) is 0 Å². The standard InChI is InChI=1S/C13H22N2O3S/c1-9(2)13(8-18-3)15-12-6-5-10(7-11(12)14)19(4,16)17/h5-7,9,13,15H,8,14H2,1-4H3. The number of sulfone groups is 1. The Morgan fingerprint density at radius 2 is 2.00 bits per heavy atom. The van der Waals surface area contributed by atoms with Gasteiger partial charge in [-0.15, -0.1) is 0 Å². The number of hydrogen-bond donors (Lipinski definition) is 2. The van der Waals surface area contributed by atoms with Gasteiger partial charge in [0.05, 0.1) is 28.9 Å². The van der Waals surface area contributed by atoms with Gasteiger partial charge in [-0.1, -0.05) is 13.8 Å². The minimum atomic E-state index is -3.23. The summed E-state index contributed by atoms with van der Waals surface area (Å²) in [5.74, 6) is 0.369. The van der Waals surface area contributed by atoms with Gasteiger partial charge >= 0.3 is 0 Å². The van der Waals surface area contributed by atoms with Crippen molar-refractivity contribution in [1.82, 2.24) is 0 Å². The number of ether oxygens (including phenoxy) is 1. The molecule has 0 radical (unpaired) electrons. The number of benzene rings is 1. The van der Waals surface area contributed by atoms with E-state index in [2.05, 4.69) is 19.2 Å². The lowest BCUT2D eigenvalue weighted by Gasteiger charge is -2.23. The van der Waals surface area contributed by atoms with E-state index in [0.717, 1.165) is 11.9 Å². The Hall–Kier alpha value is -1.27. The van der Waals surface area contributed by atoms with Crippen molar-refractivity contribution < 1.29 is 13.2 Å². The van der Waals surface area contributed by atoms with E-state index in [1.54, 1.807) is 19.2 Å². The van der Waals surface area contributed by atoms with Crippen molar-refractivity contribution in [2.24, 2.45) is 5.92 Å². The van der Waals surface area contributed by atoms with Crippen molar-refractivity contribution in [3.8, 4) is 0 Å². The van der Waals surface area contributed by atoms with E-state index in [1.807, 2.05) is 0 Å². The van der Waals surface area contributed by atoms with Crippen LogP contribution in [0.15, 0.2) is 23.1 Å². The zero-order valence-corrected chi connectivity index (χ0v) is 12.6. The molecule has 0 saturated carbocycles. The predicted octanol–water partition coefficient (Wildman–Crippen LogP) is 1.76. The van der Waals surface area contributed by atoms with Crippen LogP contribution in [0.2, 0.25) is 0 Å². The largest absolute Gasteiger partial charge is 0.397 e. The molecule has 3 N–H and O–H groups in total. The van der Waals surface area contributed by atoms with Gasteiger partial charge in [0.15, 0.2) is 9.84 Å². The van der Waals surface area contributed by atoms with Gasteiger partial charge in [-0.3, -0.25) is 0 Å². The second-order valence-electron chi connectivity index (χ2n) is 4.97. The first-order valence-electron chi connectivity index (χ1n) is 6.10. The Labute approximate surface area is 115 Å². The summed E-state index contributed by atoms with van der Waals surface area (Å²) in [5.41, 5.74) is 7.04. The molecule has 1 rings (SSSR count). The van der Waals surface area contributed by atoms with E-state index in [1.165, 1.54) is 6.07 Å². The summed E-state index contributed by atoms with van der Waals surface area (Å²) in [6.45, 7) is 4.72. The van der Waals surface area contributed by atoms with Gasteiger partial charge in [0.25, 0.3) is 0 Å². The van der Waals surface area contributed by atoms with Gasteiger partial charge in [-0.25, -0.2) is 8.42 Å². The van der Waals surface area contributed by atoms with Gasteiger partial charge < -0.3 is 15.8 Å². The summed E-state index contributed by atoms with van der Waals surface area (Å²) in [4.78, 5) is 0.225. The molecule has 0 aliphatic heterocycles. The van der Waals surface area contributed by atoms with Gasteiger partial charge in [-0.2, -0.15) is 0 Å². The summed E-state index contributed by atoms with van der Waals surface area (Å²) >= 11 is 0. The molecule has 0 spiro atoms. The number of nitrogen functional groups attached to an aromatic ring is 1. The second kappa shape index (κ2) is 6.25. The fourth-order valence-electron chi connectivity index (χ4n) is 1.68. The molecule has 6 heteroatoms.